The Kier molecular flexibility index (Phi) is 5.54. The molecule has 86 valence electrons. The van der Waals surface area contributed by atoms with Crippen LogP contribution in [0, 0.1) is 0 Å². The molecule has 1 aromatic rings. The lowest BCUT2D eigenvalue weighted by molar-refractivity contribution is 0.115. The van der Waals surface area contributed by atoms with Crippen LogP contribution in [-0.2, 0) is 6.42 Å². The van der Waals surface area contributed by atoms with Gasteiger partial charge in [-0.1, -0.05) is 25.1 Å². The van der Waals surface area contributed by atoms with E-state index in [9.17, 15) is 13.9 Å². The van der Waals surface area contributed by atoms with E-state index >= 15 is 0 Å². The second-order valence-corrected chi connectivity index (χ2v) is 3.07. The number of aryl methyl sites for hydroxylation is 1. The minimum Gasteiger partial charge on any atom is -0.507 e. The van der Waals surface area contributed by atoms with E-state index < -0.39 is 12.5 Å². The lowest BCUT2D eigenvalue weighted by Gasteiger charge is -2.14. The lowest BCUT2D eigenvalue weighted by Crippen LogP contribution is -2.19. The summed E-state index contributed by atoms with van der Waals surface area (Å²) in [5, 5.41) is 9.59. The second kappa shape index (κ2) is 5.88. The first-order valence-corrected chi connectivity index (χ1v) is 4.42. The zero-order chi connectivity index (χ0) is 10.7. The van der Waals surface area contributed by atoms with E-state index in [4.69, 9.17) is 5.73 Å². The summed E-state index contributed by atoms with van der Waals surface area (Å²) >= 11 is 0. The number of hydrogen-bond donors (Lipinski definition) is 2. The number of hydrogen-bond acceptors (Lipinski definition) is 2. The van der Waals surface area contributed by atoms with Crippen molar-refractivity contribution in [3.63, 3.8) is 0 Å². The van der Waals surface area contributed by atoms with Crippen LogP contribution in [0.4, 0.5) is 8.78 Å². The van der Waals surface area contributed by atoms with E-state index in [1.165, 1.54) is 6.07 Å². The number of phenols is 1. The van der Waals surface area contributed by atoms with Gasteiger partial charge < -0.3 is 10.8 Å². The Bertz CT molecular complexity index is 320. The van der Waals surface area contributed by atoms with Crippen LogP contribution in [0.1, 0.15) is 24.1 Å². The maximum absolute atomic E-state index is 12.3. The monoisotopic (exact) mass is 237 g/mol. The van der Waals surface area contributed by atoms with Crippen LogP contribution in [0.5, 0.6) is 5.75 Å². The molecule has 5 heteroatoms. The molecule has 0 saturated heterocycles. The van der Waals surface area contributed by atoms with Gasteiger partial charge in [0.2, 0.25) is 0 Å². The number of aromatic hydroxyl groups is 1. The molecule has 3 N–H and O–H groups in total. The number of benzene rings is 1. The van der Waals surface area contributed by atoms with E-state index in [2.05, 4.69) is 0 Å². The highest BCUT2D eigenvalue weighted by atomic mass is 35.5. The van der Waals surface area contributed by atoms with Gasteiger partial charge in [0, 0.05) is 5.56 Å². The molecule has 0 aliphatic heterocycles. The van der Waals surface area contributed by atoms with Gasteiger partial charge in [-0.25, -0.2) is 8.78 Å². The average Bonchev–Trinajstić information content (AvgIpc) is 2.17. The Morgan fingerprint density at radius 1 is 1.40 bits per heavy atom. The fourth-order valence-corrected chi connectivity index (χ4v) is 1.30. The van der Waals surface area contributed by atoms with Gasteiger partial charge in [0.25, 0.3) is 6.43 Å². The highest BCUT2D eigenvalue weighted by Crippen LogP contribution is 2.29. The third-order valence-electron chi connectivity index (χ3n) is 2.16. The van der Waals surface area contributed by atoms with Crippen LogP contribution < -0.4 is 5.73 Å². The molecule has 0 heterocycles. The molecule has 2 nitrogen and oxygen atoms in total. The molecular weight excluding hydrogens is 224 g/mol. The smallest absolute Gasteiger partial charge is 0.257 e. The molecule has 15 heavy (non-hydrogen) atoms. The minimum absolute atomic E-state index is 0. The Morgan fingerprint density at radius 3 is 2.47 bits per heavy atom. The van der Waals surface area contributed by atoms with E-state index in [1.54, 1.807) is 12.1 Å². The minimum atomic E-state index is -2.66. The van der Waals surface area contributed by atoms with Crippen molar-refractivity contribution < 1.29 is 13.9 Å². The standard InChI is InChI=1S/C10H13F2NO.ClH/c1-2-6-4-3-5-7(9(6)14)8(13)10(11)12;/h3-5,8,10,14H,2,13H2,1H3;1H/t8-;/m0./s1. The van der Waals surface area contributed by atoms with Crippen molar-refractivity contribution in [3.8, 4) is 5.75 Å². The van der Waals surface area contributed by atoms with Crippen molar-refractivity contribution in [3.05, 3.63) is 29.3 Å². The molecule has 0 amide bonds. The topological polar surface area (TPSA) is 46.2 Å². The van der Waals surface area contributed by atoms with Gasteiger partial charge in [0.05, 0.1) is 6.04 Å². The highest BCUT2D eigenvalue weighted by molar-refractivity contribution is 5.85. The summed E-state index contributed by atoms with van der Waals surface area (Å²) in [6.07, 6.45) is -2.07. The number of alkyl halides is 2. The molecule has 0 fully saturated rings. The summed E-state index contributed by atoms with van der Waals surface area (Å²) in [5.74, 6) is -0.109. The van der Waals surface area contributed by atoms with Crippen LogP contribution in [0.3, 0.4) is 0 Å². The van der Waals surface area contributed by atoms with Crippen molar-refractivity contribution in [1.29, 1.82) is 0 Å². The molecule has 1 rings (SSSR count). The molecule has 0 aliphatic carbocycles. The molecule has 0 bridgehead atoms. The Labute approximate surface area is 93.5 Å². The van der Waals surface area contributed by atoms with Crippen molar-refractivity contribution in [2.45, 2.75) is 25.8 Å². The summed E-state index contributed by atoms with van der Waals surface area (Å²) in [4.78, 5) is 0. The Balaban J connectivity index is 0.00000196. The predicted molar refractivity (Wildman–Crippen MR) is 57.7 cm³/mol. The average molecular weight is 238 g/mol. The fraction of sp³-hybridized carbons (Fsp3) is 0.400. The van der Waals surface area contributed by atoms with Crippen LogP contribution >= 0.6 is 12.4 Å². The second-order valence-electron chi connectivity index (χ2n) is 3.07. The van der Waals surface area contributed by atoms with Gasteiger partial charge in [-0.15, -0.1) is 12.4 Å². The van der Waals surface area contributed by atoms with E-state index in [0.717, 1.165) is 0 Å². The third-order valence-corrected chi connectivity index (χ3v) is 2.16. The molecule has 0 radical (unpaired) electrons. The molecule has 0 aliphatic rings. The van der Waals surface area contributed by atoms with E-state index in [-0.39, 0.29) is 23.7 Å². The van der Waals surface area contributed by atoms with Gasteiger partial charge in [0.15, 0.2) is 0 Å². The van der Waals surface area contributed by atoms with Crippen molar-refractivity contribution in [2.24, 2.45) is 5.73 Å². The molecular formula is C10H14ClF2NO. The van der Waals surface area contributed by atoms with E-state index in [1.807, 2.05) is 6.92 Å². The Morgan fingerprint density at radius 2 is 2.00 bits per heavy atom. The van der Waals surface area contributed by atoms with Crippen LogP contribution in [-0.4, -0.2) is 11.5 Å². The highest BCUT2D eigenvalue weighted by Gasteiger charge is 2.21. The number of nitrogens with two attached hydrogens (primary N) is 1. The molecule has 1 atom stereocenters. The lowest BCUT2D eigenvalue weighted by atomic mass is 10.0. The normalized spacial score (nSPS) is 12.3. The van der Waals surface area contributed by atoms with Crippen molar-refractivity contribution in [2.75, 3.05) is 0 Å². The van der Waals surface area contributed by atoms with Crippen LogP contribution in [0.25, 0.3) is 0 Å². The largest absolute Gasteiger partial charge is 0.507 e. The first-order valence-electron chi connectivity index (χ1n) is 4.42. The van der Waals surface area contributed by atoms with Crippen molar-refractivity contribution in [1.82, 2.24) is 0 Å². The van der Waals surface area contributed by atoms with Crippen molar-refractivity contribution >= 4 is 12.4 Å². The predicted octanol–water partition coefficient (Wildman–Crippen LogP) is 2.64. The summed E-state index contributed by atoms with van der Waals surface area (Å²) in [7, 11) is 0. The summed E-state index contributed by atoms with van der Waals surface area (Å²) in [6.45, 7) is 1.84. The van der Waals surface area contributed by atoms with Gasteiger partial charge >= 0.3 is 0 Å². The zero-order valence-electron chi connectivity index (χ0n) is 8.28. The number of para-hydroxylation sites is 1. The van der Waals surface area contributed by atoms with Crippen LogP contribution in [0.15, 0.2) is 18.2 Å². The van der Waals surface area contributed by atoms with Gasteiger partial charge in [-0.3, -0.25) is 0 Å². The number of rotatable bonds is 3. The van der Waals surface area contributed by atoms with Gasteiger partial charge in [-0.05, 0) is 12.0 Å². The van der Waals surface area contributed by atoms with Gasteiger partial charge in [0.1, 0.15) is 5.75 Å². The van der Waals surface area contributed by atoms with E-state index in [0.29, 0.717) is 12.0 Å². The molecule has 0 unspecified atom stereocenters. The van der Waals surface area contributed by atoms with Crippen LogP contribution in [0.2, 0.25) is 0 Å². The summed E-state index contributed by atoms with van der Waals surface area (Å²) in [6, 6.07) is 3.32. The molecule has 1 aromatic carbocycles. The first kappa shape index (κ1) is 14.1. The number of halogens is 3. The fourth-order valence-electron chi connectivity index (χ4n) is 1.30. The summed E-state index contributed by atoms with van der Waals surface area (Å²) < 4.78 is 24.6. The SMILES string of the molecule is CCc1cccc([C@H](N)C(F)F)c1O.Cl. The number of phenolic OH excluding ortho intramolecular Hbond substituents is 1. The summed E-state index contributed by atoms with van der Waals surface area (Å²) in [5.41, 5.74) is 6.00. The molecule has 0 aromatic heterocycles. The molecule has 0 saturated carbocycles. The maximum atomic E-state index is 12.3. The zero-order valence-corrected chi connectivity index (χ0v) is 9.10. The van der Waals surface area contributed by atoms with Gasteiger partial charge in [-0.2, -0.15) is 0 Å². The quantitative estimate of drug-likeness (QED) is 0.849. The molecule has 0 spiro atoms. The Hall–Kier alpha value is -0.870. The maximum Gasteiger partial charge on any atom is 0.257 e. The third kappa shape index (κ3) is 3.04. The first-order chi connectivity index (χ1) is 6.57.